The number of benzene rings is 1. The van der Waals surface area contributed by atoms with Crippen LogP contribution < -0.4 is 10.6 Å². The maximum absolute atomic E-state index is 12.1. The Hall–Kier alpha value is -1.55. The number of fused-ring (bicyclic) bond motifs is 1. The lowest BCUT2D eigenvalue weighted by Crippen LogP contribution is -2.39. The third kappa shape index (κ3) is 2.89. The Kier molecular flexibility index (Phi) is 3.69. The molecule has 2 unspecified atom stereocenters. The molecule has 0 radical (unpaired) electrons. The van der Waals surface area contributed by atoms with Gasteiger partial charge in [0.1, 0.15) is 6.04 Å². The second kappa shape index (κ2) is 5.61. The van der Waals surface area contributed by atoms with Gasteiger partial charge < -0.3 is 15.4 Å². The van der Waals surface area contributed by atoms with Gasteiger partial charge in [-0.2, -0.15) is 0 Å². The molecule has 4 nitrogen and oxygen atoms in total. The molecule has 3 rings (SSSR count). The molecular formula is C15H20N2O2. The smallest absolute Gasteiger partial charge is 0.242 e. The van der Waals surface area contributed by atoms with Crippen LogP contribution in [0.15, 0.2) is 24.3 Å². The molecule has 0 spiro atoms. The van der Waals surface area contributed by atoms with E-state index >= 15 is 0 Å². The Balaban J connectivity index is 1.44. The van der Waals surface area contributed by atoms with Crippen LogP contribution >= 0.6 is 0 Å². The lowest BCUT2D eigenvalue weighted by Gasteiger charge is -2.13. The van der Waals surface area contributed by atoms with Crippen molar-refractivity contribution in [2.45, 2.75) is 25.3 Å². The summed E-state index contributed by atoms with van der Waals surface area (Å²) in [6.45, 7) is 2.47. The summed E-state index contributed by atoms with van der Waals surface area (Å²) >= 11 is 0. The summed E-state index contributed by atoms with van der Waals surface area (Å²) in [6.07, 6.45) is 2.93. The van der Waals surface area contributed by atoms with Crippen molar-refractivity contribution in [2.75, 3.05) is 25.1 Å². The molecule has 0 saturated carbocycles. The largest absolute Gasteiger partial charge is 0.381 e. The van der Waals surface area contributed by atoms with Gasteiger partial charge in [-0.3, -0.25) is 4.79 Å². The van der Waals surface area contributed by atoms with E-state index in [-0.39, 0.29) is 11.9 Å². The normalized spacial score (nSPS) is 24.8. The molecule has 4 heteroatoms. The Bertz CT molecular complexity index is 430. The number of ether oxygens (including phenoxy) is 1. The Labute approximate surface area is 113 Å². The predicted octanol–water partition coefficient (Wildman–Crippen LogP) is 1.57. The Morgan fingerprint density at radius 1 is 1.42 bits per heavy atom. The van der Waals surface area contributed by atoms with Crippen LogP contribution in [0.5, 0.6) is 0 Å². The minimum Gasteiger partial charge on any atom is -0.381 e. The van der Waals surface area contributed by atoms with E-state index < -0.39 is 0 Å². The number of hydrogen-bond acceptors (Lipinski definition) is 3. The van der Waals surface area contributed by atoms with Crippen molar-refractivity contribution in [3.05, 3.63) is 29.8 Å². The highest BCUT2D eigenvalue weighted by atomic mass is 16.5. The van der Waals surface area contributed by atoms with Crippen LogP contribution in [-0.4, -0.2) is 31.7 Å². The Morgan fingerprint density at radius 2 is 2.32 bits per heavy atom. The third-order valence-corrected chi connectivity index (χ3v) is 3.96. The number of para-hydroxylation sites is 1. The van der Waals surface area contributed by atoms with E-state index in [1.54, 1.807) is 0 Å². The SMILES string of the molecule is O=C(NCCC1CCOC1)C1Cc2ccccc2N1. The monoisotopic (exact) mass is 260 g/mol. The molecule has 1 aromatic carbocycles. The number of rotatable bonds is 4. The molecule has 0 aromatic heterocycles. The van der Waals surface area contributed by atoms with Crippen LogP contribution in [0.25, 0.3) is 0 Å². The molecule has 1 saturated heterocycles. The molecule has 0 bridgehead atoms. The summed E-state index contributed by atoms with van der Waals surface area (Å²) in [5.41, 5.74) is 2.32. The van der Waals surface area contributed by atoms with Crippen molar-refractivity contribution in [1.29, 1.82) is 0 Å². The quantitative estimate of drug-likeness (QED) is 0.864. The van der Waals surface area contributed by atoms with Gasteiger partial charge in [0.05, 0.1) is 0 Å². The fraction of sp³-hybridized carbons (Fsp3) is 0.533. The van der Waals surface area contributed by atoms with E-state index in [1.807, 2.05) is 18.2 Å². The number of nitrogens with one attached hydrogen (secondary N) is 2. The van der Waals surface area contributed by atoms with Gasteiger partial charge in [-0.1, -0.05) is 18.2 Å². The third-order valence-electron chi connectivity index (χ3n) is 3.96. The fourth-order valence-corrected chi connectivity index (χ4v) is 2.79. The van der Waals surface area contributed by atoms with E-state index in [0.29, 0.717) is 5.92 Å². The number of carbonyl (C=O) groups excluding carboxylic acids is 1. The lowest BCUT2D eigenvalue weighted by molar-refractivity contribution is -0.121. The van der Waals surface area contributed by atoms with Crippen molar-refractivity contribution in [1.82, 2.24) is 5.32 Å². The van der Waals surface area contributed by atoms with Gasteiger partial charge in [0.25, 0.3) is 0 Å². The first-order valence-corrected chi connectivity index (χ1v) is 7.03. The second-order valence-electron chi connectivity index (χ2n) is 5.37. The molecule has 2 heterocycles. The summed E-state index contributed by atoms with van der Waals surface area (Å²) in [5, 5.41) is 6.31. The van der Waals surface area contributed by atoms with Crippen LogP contribution in [0.3, 0.4) is 0 Å². The average Bonchev–Trinajstić information content (AvgIpc) is 3.07. The first-order valence-electron chi connectivity index (χ1n) is 7.03. The summed E-state index contributed by atoms with van der Waals surface area (Å²) in [6, 6.07) is 7.99. The predicted molar refractivity (Wildman–Crippen MR) is 74.1 cm³/mol. The van der Waals surface area contributed by atoms with E-state index in [9.17, 15) is 4.79 Å². The van der Waals surface area contributed by atoms with Crippen LogP contribution in [0, 0.1) is 5.92 Å². The maximum Gasteiger partial charge on any atom is 0.242 e. The first-order chi connectivity index (χ1) is 9.33. The molecule has 2 atom stereocenters. The number of hydrogen-bond donors (Lipinski definition) is 2. The zero-order valence-corrected chi connectivity index (χ0v) is 11.0. The molecule has 2 aliphatic rings. The molecule has 19 heavy (non-hydrogen) atoms. The molecule has 0 aliphatic carbocycles. The standard InChI is InChI=1S/C15H20N2O2/c18-15(16-7-5-11-6-8-19-10-11)14-9-12-3-1-2-4-13(12)17-14/h1-4,11,14,17H,5-10H2,(H,16,18). The van der Waals surface area contributed by atoms with E-state index in [4.69, 9.17) is 4.74 Å². The van der Waals surface area contributed by atoms with Crippen LogP contribution in [0.4, 0.5) is 5.69 Å². The molecule has 2 aliphatic heterocycles. The van der Waals surface area contributed by atoms with E-state index in [1.165, 1.54) is 5.56 Å². The van der Waals surface area contributed by atoms with Crippen LogP contribution in [-0.2, 0) is 16.0 Å². The van der Waals surface area contributed by atoms with Crippen molar-refractivity contribution in [3.8, 4) is 0 Å². The minimum atomic E-state index is -0.114. The van der Waals surface area contributed by atoms with Gasteiger partial charge in [-0.15, -0.1) is 0 Å². The highest BCUT2D eigenvalue weighted by Crippen LogP contribution is 2.25. The van der Waals surface area contributed by atoms with Crippen molar-refractivity contribution in [3.63, 3.8) is 0 Å². The van der Waals surface area contributed by atoms with E-state index in [0.717, 1.165) is 44.7 Å². The molecule has 1 aromatic rings. The molecule has 1 amide bonds. The molecule has 102 valence electrons. The Morgan fingerprint density at radius 3 is 3.11 bits per heavy atom. The van der Waals surface area contributed by atoms with Crippen LogP contribution in [0.2, 0.25) is 0 Å². The average molecular weight is 260 g/mol. The van der Waals surface area contributed by atoms with Gasteiger partial charge >= 0.3 is 0 Å². The van der Waals surface area contributed by atoms with Gasteiger partial charge in [0.15, 0.2) is 0 Å². The number of anilines is 1. The maximum atomic E-state index is 12.1. The summed E-state index contributed by atoms with van der Waals surface area (Å²) in [4.78, 5) is 12.1. The fourth-order valence-electron chi connectivity index (χ4n) is 2.79. The summed E-state index contributed by atoms with van der Waals surface area (Å²) < 4.78 is 5.33. The summed E-state index contributed by atoms with van der Waals surface area (Å²) in [7, 11) is 0. The van der Waals surface area contributed by atoms with Crippen LogP contribution in [0.1, 0.15) is 18.4 Å². The number of carbonyl (C=O) groups is 1. The van der Waals surface area contributed by atoms with Crippen molar-refractivity contribution >= 4 is 11.6 Å². The van der Waals surface area contributed by atoms with Gasteiger partial charge in [0.2, 0.25) is 5.91 Å². The highest BCUT2D eigenvalue weighted by molar-refractivity contribution is 5.87. The zero-order chi connectivity index (χ0) is 13.1. The summed E-state index contributed by atoms with van der Waals surface area (Å²) in [5.74, 6) is 0.726. The second-order valence-corrected chi connectivity index (χ2v) is 5.37. The topological polar surface area (TPSA) is 50.4 Å². The molecule has 2 N–H and O–H groups in total. The van der Waals surface area contributed by atoms with Crippen molar-refractivity contribution in [2.24, 2.45) is 5.92 Å². The van der Waals surface area contributed by atoms with Crippen molar-refractivity contribution < 1.29 is 9.53 Å². The van der Waals surface area contributed by atoms with Gasteiger partial charge in [-0.25, -0.2) is 0 Å². The molecular weight excluding hydrogens is 240 g/mol. The van der Waals surface area contributed by atoms with Gasteiger partial charge in [0, 0.05) is 31.9 Å². The zero-order valence-electron chi connectivity index (χ0n) is 11.0. The minimum absolute atomic E-state index is 0.107. The van der Waals surface area contributed by atoms with E-state index in [2.05, 4.69) is 16.7 Å². The first kappa shape index (κ1) is 12.5. The van der Waals surface area contributed by atoms with Gasteiger partial charge in [-0.05, 0) is 30.4 Å². The number of amides is 1. The highest BCUT2D eigenvalue weighted by Gasteiger charge is 2.26. The molecule has 1 fully saturated rings. The lowest BCUT2D eigenvalue weighted by atomic mass is 10.1.